The summed E-state index contributed by atoms with van der Waals surface area (Å²) in [6.45, 7) is 2.74. The van der Waals surface area contributed by atoms with E-state index in [0.717, 1.165) is 30.1 Å². The Morgan fingerprint density at radius 3 is 2.88 bits per heavy atom. The molecule has 0 amide bonds. The Balaban J connectivity index is 2.22. The number of hydrogen-bond donors (Lipinski definition) is 2. The van der Waals surface area contributed by atoms with Crippen LogP contribution in [0.15, 0.2) is 24.3 Å². The van der Waals surface area contributed by atoms with Gasteiger partial charge in [0.2, 0.25) is 0 Å². The third-order valence-corrected chi connectivity index (χ3v) is 2.54. The van der Waals surface area contributed by atoms with Crippen molar-refractivity contribution in [3.8, 4) is 11.4 Å². The Morgan fingerprint density at radius 2 is 2.12 bits per heavy atom. The van der Waals surface area contributed by atoms with Gasteiger partial charge in [0, 0.05) is 12.0 Å². The Kier molecular flexibility index (Phi) is 3.31. The fourth-order valence-corrected chi connectivity index (χ4v) is 1.62. The van der Waals surface area contributed by atoms with Gasteiger partial charge in [-0.15, -0.1) is 0 Å². The van der Waals surface area contributed by atoms with E-state index in [9.17, 15) is 0 Å². The molecule has 2 rings (SSSR count). The highest BCUT2D eigenvalue weighted by Crippen LogP contribution is 2.18. The maximum absolute atomic E-state index is 5.46. The molecule has 0 saturated carbocycles. The molecular formula is C12H16N4. The van der Waals surface area contributed by atoms with Gasteiger partial charge in [-0.05, 0) is 25.5 Å². The van der Waals surface area contributed by atoms with E-state index in [-0.39, 0.29) is 0 Å². The lowest BCUT2D eigenvalue weighted by Gasteiger charge is -1.98. The summed E-state index contributed by atoms with van der Waals surface area (Å²) in [5.41, 5.74) is 7.72. The summed E-state index contributed by atoms with van der Waals surface area (Å²) in [4.78, 5) is 4.46. The molecule has 84 valence electrons. The molecule has 2 aromatic rings. The van der Waals surface area contributed by atoms with Crippen LogP contribution in [-0.2, 0) is 6.42 Å². The summed E-state index contributed by atoms with van der Waals surface area (Å²) in [5.74, 6) is 1.67. The lowest BCUT2D eigenvalue weighted by atomic mass is 10.1. The van der Waals surface area contributed by atoms with Crippen molar-refractivity contribution in [1.29, 1.82) is 0 Å². The number of rotatable bonds is 4. The zero-order chi connectivity index (χ0) is 11.4. The number of nitrogens with zero attached hydrogens (tertiary/aromatic N) is 2. The van der Waals surface area contributed by atoms with Gasteiger partial charge in [0.15, 0.2) is 5.82 Å². The normalized spacial score (nSPS) is 10.6. The van der Waals surface area contributed by atoms with Crippen LogP contribution < -0.4 is 5.73 Å². The van der Waals surface area contributed by atoms with Crippen molar-refractivity contribution in [2.75, 3.05) is 6.54 Å². The minimum atomic E-state index is 0.681. The fourth-order valence-electron chi connectivity index (χ4n) is 1.62. The molecule has 0 saturated heterocycles. The van der Waals surface area contributed by atoms with Gasteiger partial charge >= 0.3 is 0 Å². The van der Waals surface area contributed by atoms with Crippen molar-refractivity contribution in [3.63, 3.8) is 0 Å². The largest absolute Gasteiger partial charge is 0.330 e. The quantitative estimate of drug-likeness (QED) is 0.817. The SMILES string of the molecule is Cc1ccccc1-c1n[nH]c(CCCN)n1. The predicted molar refractivity (Wildman–Crippen MR) is 63.9 cm³/mol. The second-order valence-electron chi connectivity index (χ2n) is 3.81. The Bertz CT molecular complexity index is 462. The molecule has 16 heavy (non-hydrogen) atoms. The van der Waals surface area contributed by atoms with E-state index in [1.165, 1.54) is 5.56 Å². The van der Waals surface area contributed by atoms with Crippen molar-refractivity contribution in [2.45, 2.75) is 19.8 Å². The van der Waals surface area contributed by atoms with Crippen molar-refractivity contribution < 1.29 is 0 Å². The molecule has 0 aliphatic carbocycles. The van der Waals surface area contributed by atoms with Crippen LogP contribution in [0.1, 0.15) is 17.8 Å². The number of benzene rings is 1. The van der Waals surface area contributed by atoms with Crippen LogP contribution in [0.25, 0.3) is 11.4 Å². The first-order valence-electron chi connectivity index (χ1n) is 5.48. The first-order valence-corrected chi connectivity index (χ1v) is 5.48. The lowest BCUT2D eigenvalue weighted by molar-refractivity contribution is 0.785. The van der Waals surface area contributed by atoms with Crippen molar-refractivity contribution in [3.05, 3.63) is 35.7 Å². The van der Waals surface area contributed by atoms with Crippen LogP contribution in [0.3, 0.4) is 0 Å². The topological polar surface area (TPSA) is 67.6 Å². The van der Waals surface area contributed by atoms with E-state index in [1.54, 1.807) is 0 Å². The van der Waals surface area contributed by atoms with Crippen molar-refractivity contribution in [1.82, 2.24) is 15.2 Å². The summed E-state index contributed by atoms with van der Waals surface area (Å²) in [5, 5.41) is 7.17. The molecule has 3 N–H and O–H groups in total. The van der Waals surface area contributed by atoms with Crippen molar-refractivity contribution in [2.24, 2.45) is 5.73 Å². The third-order valence-electron chi connectivity index (χ3n) is 2.54. The maximum atomic E-state index is 5.46. The molecule has 4 heteroatoms. The summed E-state index contributed by atoms with van der Waals surface area (Å²) in [6, 6.07) is 8.11. The van der Waals surface area contributed by atoms with Gasteiger partial charge in [0.1, 0.15) is 5.82 Å². The number of aromatic nitrogens is 3. The third kappa shape index (κ3) is 2.28. The van der Waals surface area contributed by atoms with Crippen LogP contribution in [0, 0.1) is 6.92 Å². The summed E-state index contributed by atoms with van der Waals surface area (Å²) in [6.07, 6.45) is 1.79. The zero-order valence-corrected chi connectivity index (χ0v) is 9.40. The van der Waals surface area contributed by atoms with Gasteiger partial charge in [-0.3, -0.25) is 5.10 Å². The molecule has 0 radical (unpaired) electrons. The molecule has 0 bridgehead atoms. The lowest BCUT2D eigenvalue weighted by Crippen LogP contribution is -2.01. The van der Waals surface area contributed by atoms with Gasteiger partial charge in [-0.25, -0.2) is 4.98 Å². The van der Waals surface area contributed by atoms with Gasteiger partial charge < -0.3 is 5.73 Å². The monoisotopic (exact) mass is 216 g/mol. The van der Waals surface area contributed by atoms with E-state index >= 15 is 0 Å². The molecule has 1 aromatic carbocycles. The number of nitrogens with one attached hydrogen (secondary N) is 1. The molecule has 1 aromatic heterocycles. The second kappa shape index (κ2) is 4.90. The standard InChI is InChI=1S/C12H16N4/c1-9-5-2-3-6-10(9)12-14-11(15-16-12)7-4-8-13/h2-3,5-6H,4,7-8,13H2,1H3,(H,14,15,16). The molecule has 0 spiro atoms. The predicted octanol–water partition coefficient (Wildman–Crippen LogP) is 1.67. The Hall–Kier alpha value is -1.68. The summed E-state index contributed by atoms with van der Waals surface area (Å²) < 4.78 is 0. The van der Waals surface area contributed by atoms with Crippen LogP contribution in [0.2, 0.25) is 0 Å². The van der Waals surface area contributed by atoms with E-state index < -0.39 is 0 Å². The van der Waals surface area contributed by atoms with Crippen LogP contribution in [-0.4, -0.2) is 21.7 Å². The van der Waals surface area contributed by atoms with Gasteiger partial charge in [-0.1, -0.05) is 24.3 Å². The molecule has 0 unspecified atom stereocenters. The highest BCUT2D eigenvalue weighted by molar-refractivity contribution is 5.59. The molecule has 0 fully saturated rings. The van der Waals surface area contributed by atoms with Gasteiger partial charge in [-0.2, -0.15) is 5.10 Å². The number of aromatic amines is 1. The smallest absolute Gasteiger partial charge is 0.181 e. The van der Waals surface area contributed by atoms with E-state index in [0.29, 0.717) is 6.54 Å². The van der Waals surface area contributed by atoms with Gasteiger partial charge in [0.25, 0.3) is 0 Å². The Labute approximate surface area is 94.9 Å². The molecular weight excluding hydrogens is 200 g/mol. The van der Waals surface area contributed by atoms with Crippen LogP contribution >= 0.6 is 0 Å². The van der Waals surface area contributed by atoms with E-state index in [2.05, 4.69) is 28.2 Å². The maximum Gasteiger partial charge on any atom is 0.181 e. The van der Waals surface area contributed by atoms with E-state index in [1.807, 2.05) is 18.2 Å². The minimum absolute atomic E-state index is 0.681. The highest BCUT2D eigenvalue weighted by atomic mass is 15.2. The number of hydrogen-bond acceptors (Lipinski definition) is 3. The molecule has 0 atom stereocenters. The molecule has 4 nitrogen and oxygen atoms in total. The zero-order valence-electron chi connectivity index (χ0n) is 9.40. The summed E-state index contributed by atoms with van der Waals surface area (Å²) >= 11 is 0. The fraction of sp³-hybridized carbons (Fsp3) is 0.333. The van der Waals surface area contributed by atoms with Gasteiger partial charge in [0.05, 0.1) is 0 Å². The Morgan fingerprint density at radius 1 is 1.31 bits per heavy atom. The van der Waals surface area contributed by atoms with Crippen LogP contribution in [0.4, 0.5) is 0 Å². The second-order valence-corrected chi connectivity index (χ2v) is 3.81. The van der Waals surface area contributed by atoms with Crippen LogP contribution in [0.5, 0.6) is 0 Å². The number of nitrogens with two attached hydrogens (primary N) is 1. The first kappa shape index (κ1) is 10.8. The molecule has 1 heterocycles. The highest BCUT2D eigenvalue weighted by Gasteiger charge is 2.07. The number of aryl methyl sites for hydroxylation is 2. The minimum Gasteiger partial charge on any atom is -0.330 e. The number of H-pyrrole nitrogens is 1. The first-order chi connectivity index (χ1) is 7.81. The van der Waals surface area contributed by atoms with E-state index in [4.69, 9.17) is 5.73 Å². The average Bonchev–Trinajstić information content (AvgIpc) is 2.75. The summed E-state index contributed by atoms with van der Waals surface area (Å²) in [7, 11) is 0. The van der Waals surface area contributed by atoms with Crippen molar-refractivity contribution >= 4 is 0 Å². The average molecular weight is 216 g/mol. The molecule has 0 aliphatic heterocycles. The molecule has 0 aliphatic rings.